The van der Waals surface area contributed by atoms with Crippen molar-refractivity contribution in [2.75, 3.05) is 11.9 Å². The van der Waals surface area contributed by atoms with E-state index < -0.39 is 0 Å². The Morgan fingerprint density at radius 2 is 1.69 bits per heavy atom. The van der Waals surface area contributed by atoms with Gasteiger partial charge in [-0.2, -0.15) is 0 Å². The Morgan fingerprint density at radius 3 is 2.49 bits per heavy atom. The van der Waals surface area contributed by atoms with Crippen LogP contribution in [0.3, 0.4) is 0 Å². The van der Waals surface area contributed by atoms with Gasteiger partial charge in [-0.15, -0.1) is 0 Å². The fraction of sp³-hybridized carbons (Fsp3) is 0.185. The highest BCUT2D eigenvalue weighted by atomic mass is 16.5. The van der Waals surface area contributed by atoms with E-state index in [-0.39, 0.29) is 31.4 Å². The van der Waals surface area contributed by atoms with Crippen molar-refractivity contribution in [1.29, 1.82) is 0 Å². The number of amides is 2. The van der Waals surface area contributed by atoms with Gasteiger partial charge in [0.15, 0.2) is 0 Å². The van der Waals surface area contributed by atoms with E-state index in [1.54, 1.807) is 25.1 Å². The first-order valence-electron chi connectivity index (χ1n) is 11.2. The number of rotatable bonds is 9. The van der Waals surface area contributed by atoms with Gasteiger partial charge in [0.05, 0.1) is 30.8 Å². The lowest BCUT2D eigenvalue weighted by Gasteiger charge is -2.09. The Hall–Kier alpha value is -4.46. The topological polar surface area (TPSA) is 106 Å². The normalized spacial score (nSPS) is 10.6. The van der Waals surface area contributed by atoms with Crippen LogP contribution < -0.4 is 15.4 Å². The third kappa shape index (κ3) is 6.32. The van der Waals surface area contributed by atoms with Crippen LogP contribution in [0, 0.1) is 13.8 Å². The molecule has 4 rings (SSSR count). The number of anilines is 1. The van der Waals surface area contributed by atoms with Crippen LogP contribution in [0.2, 0.25) is 0 Å². The molecule has 0 saturated carbocycles. The molecule has 2 aromatic carbocycles. The lowest BCUT2D eigenvalue weighted by atomic mass is 10.1. The first kappa shape index (κ1) is 23.7. The molecule has 0 saturated heterocycles. The van der Waals surface area contributed by atoms with Crippen molar-refractivity contribution in [2.45, 2.75) is 26.8 Å². The number of aryl methyl sites for hydroxylation is 2. The molecule has 0 atom stereocenters. The maximum absolute atomic E-state index is 12.5. The Bertz CT molecular complexity index is 1320. The van der Waals surface area contributed by atoms with E-state index in [0.717, 1.165) is 5.69 Å². The lowest BCUT2D eigenvalue weighted by Crippen LogP contribution is -2.24. The fourth-order valence-corrected chi connectivity index (χ4v) is 3.40. The van der Waals surface area contributed by atoms with Crippen LogP contribution >= 0.6 is 0 Å². The molecule has 8 heteroatoms. The second-order valence-electron chi connectivity index (χ2n) is 7.87. The molecule has 0 aliphatic rings. The first-order chi connectivity index (χ1) is 17.0. The minimum absolute atomic E-state index is 0.185. The van der Waals surface area contributed by atoms with Gasteiger partial charge in [0, 0.05) is 5.69 Å². The van der Waals surface area contributed by atoms with Crippen molar-refractivity contribution >= 4 is 17.5 Å². The molecule has 2 aromatic heterocycles. The zero-order valence-electron chi connectivity index (χ0n) is 19.6. The predicted octanol–water partition coefficient (Wildman–Crippen LogP) is 4.69. The number of carbonyl (C=O) groups excluding carboxylic acids is 2. The average Bonchev–Trinajstić information content (AvgIpc) is 3.23. The first-order valence-corrected chi connectivity index (χ1v) is 11.2. The summed E-state index contributed by atoms with van der Waals surface area (Å²) in [5, 5.41) is 5.73. The Balaban J connectivity index is 1.39. The summed E-state index contributed by atoms with van der Waals surface area (Å²) in [7, 11) is 0. The molecule has 2 heterocycles. The van der Waals surface area contributed by atoms with Crippen LogP contribution in [-0.4, -0.2) is 28.4 Å². The summed E-state index contributed by atoms with van der Waals surface area (Å²) in [5.74, 6) is 1.18. The van der Waals surface area contributed by atoms with Gasteiger partial charge in [-0.25, -0.2) is 9.97 Å². The quantitative estimate of drug-likeness (QED) is 0.368. The monoisotopic (exact) mass is 470 g/mol. The standard InChI is InChI=1S/C27H26N4O4/c1-18-9-8-14-23(29-18)26(33)28-17-24-19(2)35-27(31-24)21-12-6-7-13-22(21)30-25(32)15-16-34-20-10-4-3-5-11-20/h3-14H,15-17H2,1-2H3,(H,28,33)(H,30,32). The summed E-state index contributed by atoms with van der Waals surface area (Å²) >= 11 is 0. The number of ether oxygens (including phenoxy) is 1. The number of carbonyl (C=O) groups is 2. The number of nitrogens with one attached hydrogen (secondary N) is 2. The van der Waals surface area contributed by atoms with Crippen molar-refractivity contribution < 1.29 is 18.7 Å². The smallest absolute Gasteiger partial charge is 0.270 e. The van der Waals surface area contributed by atoms with Crippen LogP contribution in [0.15, 0.2) is 77.2 Å². The lowest BCUT2D eigenvalue weighted by molar-refractivity contribution is -0.116. The molecule has 0 spiro atoms. The van der Waals surface area contributed by atoms with Gasteiger partial charge < -0.3 is 19.8 Å². The van der Waals surface area contributed by atoms with E-state index in [4.69, 9.17) is 9.15 Å². The van der Waals surface area contributed by atoms with Crippen molar-refractivity contribution in [2.24, 2.45) is 0 Å². The van der Waals surface area contributed by atoms with Crippen molar-refractivity contribution in [3.8, 4) is 17.2 Å². The predicted molar refractivity (Wildman–Crippen MR) is 132 cm³/mol. The van der Waals surface area contributed by atoms with Gasteiger partial charge in [0.1, 0.15) is 22.9 Å². The number of hydrogen-bond donors (Lipinski definition) is 2. The number of benzene rings is 2. The Morgan fingerprint density at radius 1 is 0.914 bits per heavy atom. The molecule has 0 fully saturated rings. The average molecular weight is 471 g/mol. The maximum atomic E-state index is 12.5. The second-order valence-corrected chi connectivity index (χ2v) is 7.87. The number of pyridine rings is 1. The van der Waals surface area contributed by atoms with Gasteiger partial charge in [0.25, 0.3) is 5.91 Å². The van der Waals surface area contributed by atoms with Crippen LogP contribution in [0.1, 0.15) is 34.1 Å². The number of aromatic nitrogens is 2. The van der Waals surface area contributed by atoms with Crippen molar-refractivity contribution in [1.82, 2.24) is 15.3 Å². The van der Waals surface area contributed by atoms with Crippen molar-refractivity contribution in [3.63, 3.8) is 0 Å². The van der Waals surface area contributed by atoms with E-state index in [1.807, 2.05) is 61.5 Å². The van der Waals surface area contributed by atoms with Gasteiger partial charge in [-0.1, -0.05) is 36.4 Å². The van der Waals surface area contributed by atoms with Gasteiger partial charge in [0.2, 0.25) is 11.8 Å². The van der Waals surface area contributed by atoms with E-state index in [2.05, 4.69) is 20.6 Å². The van der Waals surface area contributed by atoms with E-state index in [1.165, 1.54) is 0 Å². The summed E-state index contributed by atoms with van der Waals surface area (Å²) in [6, 6.07) is 21.9. The minimum atomic E-state index is -0.289. The summed E-state index contributed by atoms with van der Waals surface area (Å²) in [5.41, 5.74) is 2.93. The molecular weight excluding hydrogens is 444 g/mol. The van der Waals surface area contributed by atoms with Gasteiger partial charge in [-0.05, 0) is 50.2 Å². The van der Waals surface area contributed by atoms with Crippen LogP contribution in [0.5, 0.6) is 5.75 Å². The number of hydrogen-bond acceptors (Lipinski definition) is 6. The molecule has 2 amide bonds. The Labute approximate surface area is 203 Å². The molecule has 8 nitrogen and oxygen atoms in total. The summed E-state index contributed by atoms with van der Waals surface area (Å²) in [6.07, 6.45) is 0.193. The van der Waals surface area contributed by atoms with Crippen molar-refractivity contribution in [3.05, 3.63) is 95.6 Å². The third-order valence-corrected chi connectivity index (χ3v) is 5.20. The number of para-hydroxylation sites is 2. The molecule has 4 aromatic rings. The molecular formula is C27H26N4O4. The second kappa shape index (κ2) is 11.1. The highest BCUT2D eigenvalue weighted by Gasteiger charge is 2.17. The molecule has 2 N–H and O–H groups in total. The zero-order valence-corrected chi connectivity index (χ0v) is 19.6. The molecule has 0 unspecified atom stereocenters. The molecule has 178 valence electrons. The van der Waals surface area contributed by atoms with Crippen LogP contribution in [-0.2, 0) is 11.3 Å². The highest BCUT2D eigenvalue weighted by molar-refractivity contribution is 5.94. The SMILES string of the molecule is Cc1cccc(C(=O)NCc2nc(-c3ccccc3NC(=O)CCOc3ccccc3)oc2C)n1. The van der Waals surface area contributed by atoms with E-state index in [9.17, 15) is 9.59 Å². The molecule has 0 aliphatic carbocycles. The molecule has 35 heavy (non-hydrogen) atoms. The molecule has 0 bridgehead atoms. The van der Waals surface area contributed by atoms with E-state index >= 15 is 0 Å². The van der Waals surface area contributed by atoms with E-state index in [0.29, 0.717) is 40.0 Å². The fourth-order valence-electron chi connectivity index (χ4n) is 3.40. The largest absolute Gasteiger partial charge is 0.493 e. The number of nitrogens with zero attached hydrogens (tertiary/aromatic N) is 2. The zero-order chi connectivity index (χ0) is 24.6. The van der Waals surface area contributed by atoms with Gasteiger partial charge >= 0.3 is 0 Å². The number of oxazole rings is 1. The summed E-state index contributed by atoms with van der Waals surface area (Å²) < 4.78 is 11.5. The summed E-state index contributed by atoms with van der Waals surface area (Å²) in [4.78, 5) is 33.7. The van der Waals surface area contributed by atoms with Crippen LogP contribution in [0.4, 0.5) is 5.69 Å². The molecule has 0 aliphatic heterocycles. The van der Waals surface area contributed by atoms with Crippen LogP contribution in [0.25, 0.3) is 11.5 Å². The third-order valence-electron chi connectivity index (χ3n) is 5.20. The molecule has 0 radical (unpaired) electrons. The minimum Gasteiger partial charge on any atom is -0.493 e. The highest BCUT2D eigenvalue weighted by Crippen LogP contribution is 2.29. The Kier molecular flexibility index (Phi) is 7.52. The summed E-state index contributed by atoms with van der Waals surface area (Å²) in [6.45, 7) is 4.06. The van der Waals surface area contributed by atoms with Gasteiger partial charge in [-0.3, -0.25) is 9.59 Å². The maximum Gasteiger partial charge on any atom is 0.270 e.